The van der Waals surface area contributed by atoms with Crippen LogP contribution < -0.4 is 11.1 Å². The molecule has 0 unspecified atom stereocenters. The number of aromatic nitrogens is 2. The van der Waals surface area contributed by atoms with Gasteiger partial charge in [0.05, 0.1) is 5.69 Å². The standard InChI is InChI=1S/C11H12N4OS/c12-7-5-9(15(6-7)8-1-2-8)10(16)14-11-13-3-4-17-11/h3-6,8H,1-2,12H2,(H,13,14,16). The molecular formula is C11H12N4OS. The average molecular weight is 248 g/mol. The largest absolute Gasteiger partial charge is 0.397 e. The van der Waals surface area contributed by atoms with E-state index in [-0.39, 0.29) is 5.91 Å². The zero-order chi connectivity index (χ0) is 11.8. The molecule has 1 saturated carbocycles. The number of hydrogen-bond acceptors (Lipinski definition) is 4. The van der Waals surface area contributed by atoms with Gasteiger partial charge in [0.25, 0.3) is 5.91 Å². The molecule has 0 aromatic carbocycles. The summed E-state index contributed by atoms with van der Waals surface area (Å²) in [6, 6.07) is 2.14. The van der Waals surface area contributed by atoms with Crippen LogP contribution in [0, 0.1) is 0 Å². The van der Waals surface area contributed by atoms with Crippen molar-refractivity contribution in [3.63, 3.8) is 0 Å². The summed E-state index contributed by atoms with van der Waals surface area (Å²) in [6.45, 7) is 0. The minimum Gasteiger partial charge on any atom is -0.397 e. The molecule has 88 valence electrons. The van der Waals surface area contributed by atoms with Crippen molar-refractivity contribution in [2.24, 2.45) is 0 Å². The van der Waals surface area contributed by atoms with Crippen LogP contribution in [0.15, 0.2) is 23.8 Å². The normalized spacial score (nSPS) is 14.8. The van der Waals surface area contributed by atoms with Crippen LogP contribution in [0.25, 0.3) is 0 Å². The molecule has 1 aliphatic carbocycles. The zero-order valence-electron chi connectivity index (χ0n) is 9.09. The molecule has 0 radical (unpaired) electrons. The Labute approximate surface area is 102 Å². The Morgan fingerprint density at radius 2 is 2.41 bits per heavy atom. The van der Waals surface area contributed by atoms with Crippen molar-refractivity contribution in [3.05, 3.63) is 29.5 Å². The molecule has 2 heterocycles. The molecule has 0 spiro atoms. The Bertz CT molecular complexity index is 542. The van der Waals surface area contributed by atoms with Crippen molar-refractivity contribution in [1.82, 2.24) is 9.55 Å². The molecule has 6 heteroatoms. The predicted octanol–water partition coefficient (Wildman–Crippen LogP) is 2.11. The first-order valence-electron chi connectivity index (χ1n) is 5.42. The number of carbonyl (C=O) groups is 1. The highest BCUT2D eigenvalue weighted by atomic mass is 32.1. The smallest absolute Gasteiger partial charge is 0.274 e. The molecule has 17 heavy (non-hydrogen) atoms. The van der Waals surface area contributed by atoms with Gasteiger partial charge >= 0.3 is 0 Å². The molecule has 3 rings (SSSR count). The van der Waals surface area contributed by atoms with E-state index < -0.39 is 0 Å². The highest BCUT2D eigenvalue weighted by Crippen LogP contribution is 2.37. The van der Waals surface area contributed by atoms with E-state index in [1.54, 1.807) is 12.3 Å². The molecule has 2 aromatic rings. The quantitative estimate of drug-likeness (QED) is 0.873. The number of anilines is 2. The van der Waals surface area contributed by atoms with Crippen LogP contribution >= 0.6 is 11.3 Å². The molecule has 3 N–H and O–H groups in total. The van der Waals surface area contributed by atoms with Crippen molar-refractivity contribution in [3.8, 4) is 0 Å². The van der Waals surface area contributed by atoms with Gasteiger partial charge in [-0.25, -0.2) is 4.98 Å². The van der Waals surface area contributed by atoms with E-state index in [0.717, 1.165) is 12.8 Å². The molecular weight excluding hydrogens is 236 g/mol. The number of nitrogens with two attached hydrogens (primary N) is 1. The Balaban J connectivity index is 1.85. The first-order valence-corrected chi connectivity index (χ1v) is 6.30. The Morgan fingerprint density at radius 3 is 3.06 bits per heavy atom. The number of amides is 1. The fourth-order valence-electron chi connectivity index (χ4n) is 1.78. The summed E-state index contributed by atoms with van der Waals surface area (Å²) in [7, 11) is 0. The van der Waals surface area contributed by atoms with Crippen LogP contribution in [0.3, 0.4) is 0 Å². The van der Waals surface area contributed by atoms with Gasteiger partial charge in [0.15, 0.2) is 5.13 Å². The lowest BCUT2D eigenvalue weighted by atomic mass is 10.4. The molecule has 1 fully saturated rings. The first-order chi connectivity index (χ1) is 8.24. The Morgan fingerprint density at radius 1 is 1.59 bits per heavy atom. The van der Waals surface area contributed by atoms with Gasteiger partial charge in [-0.15, -0.1) is 11.3 Å². The fraction of sp³-hybridized carbons (Fsp3) is 0.273. The van der Waals surface area contributed by atoms with Crippen LogP contribution in [0.4, 0.5) is 10.8 Å². The summed E-state index contributed by atoms with van der Waals surface area (Å²) in [6.07, 6.45) is 5.72. The third-order valence-electron chi connectivity index (χ3n) is 2.70. The summed E-state index contributed by atoms with van der Waals surface area (Å²) in [5.41, 5.74) is 6.98. The summed E-state index contributed by atoms with van der Waals surface area (Å²) >= 11 is 1.40. The van der Waals surface area contributed by atoms with Crippen molar-refractivity contribution in [2.75, 3.05) is 11.1 Å². The van der Waals surface area contributed by atoms with Gasteiger partial charge in [0.2, 0.25) is 0 Å². The van der Waals surface area contributed by atoms with Gasteiger partial charge in [-0.3, -0.25) is 10.1 Å². The number of nitrogen functional groups attached to an aromatic ring is 1. The third kappa shape index (κ3) is 2.03. The molecule has 1 amide bonds. The highest BCUT2D eigenvalue weighted by molar-refractivity contribution is 7.13. The van der Waals surface area contributed by atoms with Crippen LogP contribution in [-0.4, -0.2) is 15.5 Å². The minimum atomic E-state index is -0.149. The molecule has 0 aliphatic heterocycles. The summed E-state index contributed by atoms with van der Waals surface area (Å²) in [5.74, 6) is -0.149. The van der Waals surface area contributed by atoms with Crippen molar-refractivity contribution < 1.29 is 4.79 Å². The van der Waals surface area contributed by atoms with Crippen LogP contribution in [0.5, 0.6) is 0 Å². The predicted molar refractivity (Wildman–Crippen MR) is 67.2 cm³/mol. The number of nitrogens with zero attached hydrogens (tertiary/aromatic N) is 2. The summed E-state index contributed by atoms with van der Waals surface area (Å²) in [5, 5.41) is 5.20. The number of rotatable bonds is 3. The van der Waals surface area contributed by atoms with Crippen LogP contribution in [0.1, 0.15) is 29.4 Å². The van der Waals surface area contributed by atoms with Gasteiger partial charge in [-0.1, -0.05) is 0 Å². The Kier molecular flexibility index (Phi) is 2.36. The molecule has 0 saturated heterocycles. The molecule has 0 atom stereocenters. The van der Waals surface area contributed by atoms with Gasteiger partial charge in [0, 0.05) is 23.8 Å². The second-order valence-corrected chi connectivity index (χ2v) is 4.98. The van der Waals surface area contributed by atoms with Crippen LogP contribution in [-0.2, 0) is 0 Å². The van der Waals surface area contributed by atoms with Crippen LogP contribution in [0.2, 0.25) is 0 Å². The fourth-order valence-corrected chi connectivity index (χ4v) is 2.31. The van der Waals surface area contributed by atoms with Gasteiger partial charge < -0.3 is 10.3 Å². The summed E-state index contributed by atoms with van der Waals surface area (Å²) < 4.78 is 1.96. The molecule has 1 aliphatic rings. The third-order valence-corrected chi connectivity index (χ3v) is 3.38. The van der Waals surface area contributed by atoms with Gasteiger partial charge in [0.1, 0.15) is 5.69 Å². The van der Waals surface area contributed by atoms with Gasteiger partial charge in [-0.2, -0.15) is 0 Å². The number of carbonyl (C=O) groups excluding carboxylic acids is 1. The molecule has 2 aromatic heterocycles. The van der Waals surface area contributed by atoms with Gasteiger partial charge in [-0.05, 0) is 18.9 Å². The minimum absolute atomic E-state index is 0.149. The van der Waals surface area contributed by atoms with E-state index in [4.69, 9.17) is 5.73 Å². The number of nitrogens with one attached hydrogen (secondary N) is 1. The second kappa shape index (κ2) is 3.89. The maximum Gasteiger partial charge on any atom is 0.274 e. The van der Waals surface area contributed by atoms with Crippen molar-refractivity contribution in [2.45, 2.75) is 18.9 Å². The molecule has 5 nitrogen and oxygen atoms in total. The van der Waals surface area contributed by atoms with E-state index >= 15 is 0 Å². The lowest BCUT2D eigenvalue weighted by Gasteiger charge is -2.06. The van der Waals surface area contributed by atoms with E-state index in [1.165, 1.54) is 11.3 Å². The highest BCUT2D eigenvalue weighted by Gasteiger charge is 2.27. The lowest BCUT2D eigenvalue weighted by molar-refractivity contribution is 0.101. The van der Waals surface area contributed by atoms with E-state index in [9.17, 15) is 4.79 Å². The maximum atomic E-state index is 12.1. The Hall–Kier alpha value is -1.82. The maximum absolute atomic E-state index is 12.1. The second-order valence-electron chi connectivity index (χ2n) is 4.09. The zero-order valence-corrected chi connectivity index (χ0v) is 9.91. The monoisotopic (exact) mass is 248 g/mol. The lowest BCUT2D eigenvalue weighted by Crippen LogP contribution is -2.16. The first kappa shape index (κ1) is 10.3. The van der Waals surface area contributed by atoms with Crippen molar-refractivity contribution >= 4 is 28.1 Å². The SMILES string of the molecule is Nc1cc(C(=O)Nc2nccs2)n(C2CC2)c1. The number of hydrogen-bond donors (Lipinski definition) is 2. The average Bonchev–Trinajstić information content (AvgIpc) is 2.88. The number of thiazole rings is 1. The van der Waals surface area contributed by atoms with E-state index in [2.05, 4.69) is 10.3 Å². The van der Waals surface area contributed by atoms with E-state index in [1.807, 2.05) is 16.1 Å². The molecule has 0 bridgehead atoms. The summed E-state index contributed by atoms with van der Waals surface area (Å²) in [4.78, 5) is 16.1. The van der Waals surface area contributed by atoms with E-state index in [0.29, 0.717) is 22.6 Å². The topological polar surface area (TPSA) is 72.9 Å². The van der Waals surface area contributed by atoms with Crippen molar-refractivity contribution in [1.29, 1.82) is 0 Å².